The van der Waals surface area contributed by atoms with Gasteiger partial charge >= 0.3 is 0 Å². The monoisotopic (exact) mass is 353 g/mol. The highest BCUT2D eigenvalue weighted by atomic mass is 79.9. The second-order valence-electron chi connectivity index (χ2n) is 6.51. The van der Waals surface area contributed by atoms with Gasteiger partial charge in [0.05, 0.1) is 6.04 Å². The Kier molecular flexibility index (Phi) is 6.23. The number of likely N-dealkylation sites (N-methyl/N-ethyl adjacent to an activating group) is 1. The van der Waals surface area contributed by atoms with Crippen LogP contribution in [0.1, 0.15) is 31.4 Å². The molecule has 1 saturated heterocycles. The lowest BCUT2D eigenvalue weighted by Gasteiger charge is -2.37. The van der Waals surface area contributed by atoms with Crippen LogP contribution < -0.4 is 5.73 Å². The number of piperidine rings is 1. The van der Waals surface area contributed by atoms with Gasteiger partial charge in [-0.2, -0.15) is 0 Å². The minimum atomic E-state index is 0.111. The summed E-state index contributed by atoms with van der Waals surface area (Å²) in [6.07, 6.45) is 2.59. The molecule has 1 aromatic rings. The summed E-state index contributed by atoms with van der Waals surface area (Å²) in [5, 5.41) is 0. The van der Waals surface area contributed by atoms with Gasteiger partial charge in [-0.3, -0.25) is 4.90 Å². The molecule has 0 saturated carbocycles. The van der Waals surface area contributed by atoms with Gasteiger partial charge in [0.15, 0.2) is 0 Å². The van der Waals surface area contributed by atoms with E-state index in [1.54, 1.807) is 0 Å². The quantitative estimate of drug-likeness (QED) is 0.882. The smallest absolute Gasteiger partial charge is 0.0504 e. The van der Waals surface area contributed by atoms with Crippen molar-refractivity contribution in [1.29, 1.82) is 0 Å². The highest BCUT2D eigenvalue weighted by Gasteiger charge is 2.26. The van der Waals surface area contributed by atoms with Crippen molar-refractivity contribution in [2.24, 2.45) is 11.7 Å². The zero-order valence-corrected chi connectivity index (χ0v) is 15.0. The molecule has 118 valence electrons. The van der Waals surface area contributed by atoms with E-state index >= 15 is 0 Å². The van der Waals surface area contributed by atoms with Crippen LogP contribution in [0.2, 0.25) is 0 Å². The normalized spacial score (nSPS) is 20.7. The summed E-state index contributed by atoms with van der Waals surface area (Å²) in [6.45, 7) is 5.67. The highest BCUT2D eigenvalue weighted by Crippen LogP contribution is 2.30. The first-order valence-corrected chi connectivity index (χ1v) is 8.67. The molecule has 1 heterocycles. The zero-order valence-electron chi connectivity index (χ0n) is 13.4. The van der Waals surface area contributed by atoms with Crippen molar-refractivity contribution in [1.82, 2.24) is 9.80 Å². The molecule has 0 radical (unpaired) electrons. The van der Waals surface area contributed by atoms with Gasteiger partial charge in [0.2, 0.25) is 0 Å². The molecule has 3 nitrogen and oxygen atoms in total. The van der Waals surface area contributed by atoms with E-state index in [4.69, 9.17) is 5.73 Å². The molecule has 0 aromatic heterocycles. The van der Waals surface area contributed by atoms with Crippen LogP contribution in [-0.2, 0) is 0 Å². The maximum atomic E-state index is 6.29. The number of rotatable bonds is 5. The molecule has 0 bridgehead atoms. The van der Waals surface area contributed by atoms with Crippen molar-refractivity contribution < 1.29 is 0 Å². The summed E-state index contributed by atoms with van der Waals surface area (Å²) in [4.78, 5) is 4.87. The molecule has 2 atom stereocenters. The number of benzene rings is 1. The maximum absolute atomic E-state index is 6.29. The average molecular weight is 354 g/mol. The predicted molar refractivity (Wildman–Crippen MR) is 93.4 cm³/mol. The first-order valence-electron chi connectivity index (χ1n) is 7.88. The molecule has 21 heavy (non-hydrogen) atoms. The molecule has 0 aliphatic carbocycles. The van der Waals surface area contributed by atoms with E-state index in [1.807, 2.05) is 0 Å². The summed E-state index contributed by atoms with van der Waals surface area (Å²) in [5.74, 6) is 0.787. The Hall–Kier alpha value is -0.420. The Morgan fingerprint density at radius 3 is 2.52 bits per heavy atom. The van der Waals surface area contributed by atoms with Crippen LogP contribution in [0.3, 0.4) is 0 Å². The Balaban J connectivity index is 2.06. The molecule has 0 amide bonds. The lowest BCUT2D eigenvalue weighted by atomic mass is 9.94. The van der Waals surface area contributed by atoms with Crippen LogP contribution in [0, 0.1) is 5.92 Å². The molecule has 2 N–H and O–H groups in total. The zero-order chi connectivity index (χ0) is 15.4. The standard InChI is InChI=1S/C17H28BrN3/c1-13(19)17(15-6-4-5-7-16(15)18)21(3)12-14-8-10-20(2)11-9-14/h4-7,13-14,17H,8-12,19H2,1-3H3. The summed E-state index contributed by atoms with van der Waals surface area (Å²) < 4.78 is 1.16. The number of hydrogen-bond donors (Lipinski definition) is 1. The number of halogens is 1. The SMILES string of the molecule is CC(N)C(c1ccccc1Br)N(C)CC1CCN(C)CC1. The Morgan fingerprint density at radius 2 is 1.95 bits per heavy atom. The van der Waals surface area contributed by atoms with Gasteiger partial charge in [0.1, 0.15) is 0 Å². The van der Waals surface area contributed by atoms with Crippen molar-refractivity contribution in [2.75, 3.05) is 33.7 Å². The summed E-state index contributed by atoms with van der Waals surface area (Å²) >= 11 is 3.68. The lowest BCUT2D eigenvalue weighted by Crippen LogP contribution is -2.42. The van der Waals surface area contributed by atoms with E-state index in [2.05, 4.69) is 71.0 Å². The third-order valence-electron chi connectivity index (χ3n) is 4.58. The van der Waals surface area contributed by atoms with Gasteiger partial charge in [-0.25, -0.2) is 0 Å². The molecule has 2 rings (SSSR count). The van der Waals surface area contributed by atoms with Crippen molar-refractivity contribution in [3.8, 4) is 0 Å². The molecule has 0 spiro atoms. The average Bonchev–Trinajstić information content (AvgIpc) is 2.43. The second kappa shape index (κ2) is 7.73. The molecule has 2 unspecified atom stereocenters. The molecular weight excluding hydrogens is 326 g/mol. The van der Waals surface area contributed by atoms with E-state index in [-0.39, 0.29) is 12.1 Å². The van der Waals surface area contributed by atoms with Gasteiger partial charge in [0.25, 0.3) is 0 Å². The molecule has 1 aliphatic heterocycles. The van der Waals surface area contributed by atoms with Crippen molar-refractivity contribution in [2.45, 2.75) is 31.8 Å². The molecule has 1 aliphatic rings. The molecule has 1 fully saturated rings. The number of nitrogens with two attached hydrogens (primary N) is 1. The van der Waals surface area contributed by atoms with Crippen molar-refractivity contribution >= 4 is 15.9 Å². The Labute approximate surface area is 137 Å². The van der Waals surface area contributed by atoms with Crippen LogP contribution in [0.15, 0.2) is 28.7 Å². The number of hydrogen-bond acceptors (Lipinski definition) is 3. The fourth-order valence-electron chi connectivity index (χ4n) is 3.40. The third-order valence-corrected chi connectivity index (χ3v) is 5.30. The number of nitrogens with zero attached hydrogens (tertiary/aromatic N) is 2. The first-order chi connectivity index (χ1) is 9.99. The summed E-state index contributed by atoms with van der Waals surface area (Å²) in [6, 6.07) is 8.82. The molecule has 4 heteroatoms. The van der Waals surface area contributed by atoms with Crippen molar-refractivity contribution in [3.63, 3.8) is 0 Å². The molecular formula is C17H28BrN3. The van der Waals surface area contributed by atoms with E-state index in [0.717, 1.165) is 16.9 Å². The minimum Gasteiger partial charge on any atom is -0.326 e. The van der Waals surface area contributed by atoms with Crippen LogP contribution in [0.5, 0.6) is 0 Å². The van der Waals surface area contributed by atoms with Gasteiger partial charge in [-0.15, -0.1) is 0 Å². The Morgan fingerprint density at radius 1 is 1.33 bits per heavy atom. The van der Waals surface area contributed by atoms with Crippen LogP contribution in [-0.4, -0.2) is 49.6 Å². The predicted octanol–water partition coefficient (Wildman–Crippen LogP) is 3.11. The minimum absolute atomic E-state index is 0.111. The maximum Gasteiger partial charge on any atom is 0.0504 e. The van der Waals surface area contributed by atoms with Crippen LogP contribution in [0.25, 0.3) is 0 Å². The Bertz CT molecular complexity index is 441. The van der Waals surface area contributed by atoms with Gasteiger partial charge in [0, 0.05) is 17.1 Å². The number of likely N-dealkylation sites (tertiary alicyclic amines) is 1. The summed E-state index contributed by atoms with van der Waals surface area (Å²) in [5.41, 5.74) is 7.59. The largest absolute Gasteiger partial charge is 0.326 e. The highest BCUT2D eigenvalue weighted by molar-refractivity contribution is 9.10. The lowest BCUT2D eigenvalue weighted by molar-refractivity contribution is 0.140. The molecule has 1 aromatic carbocycles. The van der Waals surface area contributed by atoms with E-state index in [1.165, 1.54) is 31.5 Å². The fraction of sp³-hybridized carbons (Fsp3) is 0.647. The second-order valence-corrected chi connectivity index (χ2v) is 7.37. The van der Waals surface area contributed by atoms with Gasteiger partial charge < -0.3 is 10.6 Å². The first kappa shape index (κ1) is 16.9. The third kappa shape index (κ3) is 4.52. The van der Waals surface area contributed by atoms with E-state index in [0.29, 0.717) is 0 Å². The van der Waals surface area contributed by atoms with Crippen molar-refractivity contribution in [3.05, 3.63) is 34.3 Å². The summed E-state index contributed by atoms with van der Waals surface area (Å²) in [7, 11) is 4.43. The van der Waals surface area contributed by atoms with Gasteiger partial charge in [-0.05, 0) is 64.5 Å². The van der Waals surface area contributed by atoms with Crippen LogP contribution in [0.4, 0.5) is 0 Å². The fourth-order valence-corrected chi connectivity index (χ4v) is 3.92. The van der Waals surface area contributed by atoms with E-state index in [9.17, 15) is 0 Å². The topological polar surface area (TPSA) is 32.5 Å². The van der Waals surface area contributed by atoms with Crippen LogP contribution >= 0.6 is 15.9 Å². The van der Waals surface area contributed by atoms with E-state index < -0.39 is 0 Å². The van der Waals surface area contributed by atoms with Gasteiger partial charge in [-0.1, -0.05) is 34.1 Å².